The van der Waals surface area contributed by atoms with Crippen molar-refractivity contribution in [1.29, 1.82) is 0 Å². The minimum absolute atomic E-state index is 0.136. The summed E-state index contributed by atoms with van der Waals surface area (Å²) in [7, 11) is 0. The van der Waals surface area contributed by atoms with Gasteiger partial charge in [-0.2, -0.15) is 0 Å². The number of fused-ring (bicyclic) bond motifs is 3. The minimum Gasteiger partial charge on any atom is -0.480 e. The summed E-state index contributed by atoms with van der Waals surface area (Å²) in [6.45, 7) is 0. The standard InChI is InChI=1S/C23H17F2NO3/c24-14-9-13(10-15(25)12-14)11-20(27)26-22(23(28)29)21-18-7-3-1-5-16(18)17-6-2-4-8-19(17)21/h1-10,12,21-22H,11H2,(H,26,27)(H,28,29)/t22-/m1/s1. The van der Waals surface area contributed by atoms with Crippen LogP contribution in [0.3, 0.4) is 0 Å². The van der Waals surface area contributed by atoms with Gasteiger partial charge in [-0.05, 0) is 39.9 Å². The first-order valence-electron chi connectivity index (χ1n) is 9.09. The monoisotopic (exact) mass is 393 g/mol. The molecule has 3 aromatic carbocycles. The predicted molar refractivity (Wildman–Crippen MR) is 103 cm³/mol. The van der Waals surface area contributed by atoms with Crippen LogP contribution in [-0.2, 0) is 16.0 Å². The Kier molecular flexibility index (Phi) is 4.84. The van der Waals surface area contributed by atoms with Gasteiger partial charge in [0.1, 0.15) is 17.7 Å². The first-order valence-corrected chi connectivity index (χ1v) is 9.09. The molecule has 1 aliphatic carbocycles. The van der Waals surface area contributed by atoms with E-state index in [9.17, 15) is 23.5 Å². The number of rotatable bonds is 5. The van der Waals surface area contributed by atoms with E-state index in [1.807, 2.05) is 48.5 Å². The number of halogens is 2. The van der Waals surface area contributed by atoms with Gasteiger partial charge in [-0.15, -0.1) is 0 Å². The van der Waals surface area contributed by atoms with Crippen molar-refractivity contribution in [2.24, 2.45) is 0 Å². The fourth-order valence-corrected chi connectivity index (χ4v) is 3.96. The maximum absolute atomic E-state index is 13.4. The maximum Gasteiger partial charge on any atom is 0.327 e. The van der Waals surface area contributed by atoms with Gasteiger partial charge in [-0.25, -0.2) is 13.6 Å². The molecule has 4 rings (SSSR count). The number of carboxylic acids is 1. The van der Waals surface area contributed by atoms with Crippen molar-refractivity contribution < 1.29 is 23.5 Å². The van der Waals surface area contributed by atoms with Gasteiger partial charge < -0.3 is 10.4 Å². The molecule has 0 aliphatic heterocycles. The van der Waals surface area contributed by atoms with E-state index in [0.29, 0.717) is 6.07 Å². The molecule has 1 amide bonds. The highest BCUT2D eigenvalue weighted by atomic mass is 19.1. The summed E-state index contributed by atoms with van der Waals surface area (Å²) >= 11 is 0. The van der Waals surface area contributed by atoms with Crippen molar-refractivity contribution in [3.8, 4) is 11.1 Å². The van der Waals surface area contributed by atoms with E-state index in [1.165, 1.54) is 0 Å². The van der Waals surface area contributed by atoms with E-state index >= 15 is 0 Å². The van der Waals surface area contributed by atoms with Crippen LogP contribution < -0.4 is 5.32 Å². The van der Waals surface area contributed by atoms with Crippen LogP contribution in [0.5, 0.6) is 0 Å². The molecule has 0 saturated carbocycles. The Bertz CT molecular complexity index is 1050. The van der Waals surface area contributed by atoms with Gasteiger partial charge in [-0.1, -0.05) is 48.5 Å². The summed E-state index contributed by atoms with van der Waals surface area (Å²) in [5.41, 5.74) is 3.63. The number of carbonyl (C=O) groups is 2. The van der Waals surface area contributed by atoms with Gasteiger partial charge in [-0.3, -0.25) is 4.79 Å². The van der Waals surface area contributed by atoms with E-state index < -0.39 is 35.5 Å². The summed E-state index contributed by atoms with van der Waals surface area (Å²) in [5.74, 6) is -3.94. The SMILES string of the molecule is O=C(Cc1cc(F)cc(F)c1)N[C@@H](C(=O)O)C1c2ccccc2-c2ccccc21. The molecule has 0 radical (unpaired) electrons. The number of hydrogen-bond donors (Lipinski definition) is 2. The Balaban J connectivity index is 1.65. The maximum atomic E-state index is 13.4. The van der Waals surface area contributed by atoms with Crippen molar-refractivity contribution in [3.63, 3.8) is 0 Å². The highest BCUT2D eigenvalue weighted by Crippen LogP contribution is 2.46. The van der Waals surface area contributed by atoms with Gasteiger partial charge in [0.25, 0.3) is 0 Å². The number of hydrogen-bond acceptors (Lipinski definition) is 2. The van der Waals surface area contributed by atoms with Crippen LogP contribution in [0.25, 0.3) is 11.1 Å². The Morgan fingerprint density at radius 1 is 0.897 bits per heavy atom. The predicted octanol–water partition coefficient (Wildman–Crippen LogP) is 3.89. The third-order valence-corrected chi connectivity index (χ3v) is 5.08. The number of carboxylic acid groups (broad SMARTS) is 1. The summed E-state index contributed by atoms with van der Waals surface area (Å²) in [6.07, 6.45) is -0.325. The van der Waals surface area contributed by atoms with Crippen molar-refractivity contribution in [2.45, 2.75) is 18.4 Å². The van der Waals surface area contributed by atoms with Crippen LogP contribution >= 0.6 is 0 Å². The van der Waals surface area contributed by atoms with E-state index in [-0.39, 0.29) is 12.0 Å². The second kappa shape index (κ2) is 7.47. The molecule has 0 bridgehead atoms. The van der Waals surface area contributed by atoms with Crippen molar-refractivity contribution in [3.05, 3.63) is 95.1 Å². The fourth-order valence-electron chi connectivity index (χ4n) is 3.96. The van der Waals surface area contributed by atoms with Crippen molar-refractivity contribution >= 4 is 11.9 Å². The molecule has 0 saturated heterocycles. The molecular weight excluding hydrogens is 376 g/mol. The Hall–Kier alpha value is -3.54. The molecule has 4 nitrogen and oxygen atoms in total. The van der Waals surface area contributed by atoms with Crippen LogP contribution in [0.1, 0.15) is 22.6 Å². The zero-order chi connectivity index (χ0) is 20.5. The molecule has 2 N–H and O–H groups in total. The molecule has 0 fully saturated rings. The van der Waals surface area contributed by atoms with E-state index in [0.717, 1.165) is 34.4 Å². The van der Waals surface area contributed by atoms with Crippen LogP contribution in [0.15, 0.2) is 66.7 Å². The third-order valence-electron chi connectivity index (χ3n) is 5.08. The summed E-state index contributed by atoms with van der Waals surface area (Å²) in [4.78, 5) is 24.6. The second-order valence-electron chi connectivity index (χ2n) is 6.99. The number of nitrogens with one attached hydrogen (secondary N) is 1. The minimum atomic E-state index is -1.22. The molecule has 1 atom stereocenters. The van der Waals surface area contributed by atoms with E-state index in [1.54, 1.807) is 0 Å². The van der Waals surface area contributed by atoms with Gasteiger partial charge in [0.2, 0.25) is 5.91 Å². The number of amides is 1. The highest BCUT2D eigenvalue weighted by Gasteiger charge is 2.38. The Labute approximate surface area is 165 Å². The number of aliphatic carboxylic acids is 1. The molecule has 0 aromatic heterocycles. The third kappa shape index (κ3) is 3.61. The molecule has 0 heterocycles. The lowest BCUT2D eigenvalue weighted by atomic mass is 9.89. The Morgan fingerprint density at radius 2 is 1.41 bits per heavy atom. The average Bonchev–Trinajstić information content (AvgIpc) is 2.99. The van der Waals surface area contributed by atoms with Crippen molar-refractivity contribution in [1.82, 2.24) is 5.32 Å². The molecule has 6 heteroatoms. The van der Waals surface area contributed by atoms with Crippen LogP contribution in [0.2, 0.25) is 0 Å². The Morgan fingerprint density at radius 3 is 1.93 bits per heavy atom. The molecule has 0 unspecified atom stereocenters. The van der Waals surface area contributed by atoms with Crippen molar-refractivity contribution in [2.75, 3.05) is 0 Å². The van der Waals surface area contributed by atoms with Gasteiger partial charge in [0.15, 0.2) is 0 Å². The van der Waals surface area contributed by atoms with Gasteiger partial charge >= 0.3 is 5.97 Å². The second-order valence-corrected chi connectivity index (χ2v) is 6.99. The molecular formula is C23H17F2NO3. The number of benzene rings is 3. The molecule has 3 aromatic rings. The van der Waals surface area contributed by atoms with Crippen LogP contribution in [0.4, 0.5) is 8.78 Å². The lowest BCUT2D eigenvalue weighted by Crippen LogP contribution is -2.45. The highest BCUT2D eigenvalue weighted by molar-refractivity contribution is 5.89. The van der Waals surface area contributed by atoms with E-state index in [4.69, 9.17) is 0 Å². The summed E-state index contributed by atoms with van der Waals surface area (Å²) in [6, 6.07) is 16.6. The average molecular weight is 393 g/mol. The molecule has 0 spiro atoms. The topological polar surface area (TPSA) is 66.4 Å². The first kappa shape index (κ1) is 18.8. The first-order chi connectivity index (χ1) is 13.9. The lowest BCUT2D eigenvalue weighted by molar-refractivity contribution is -0.142. The van der Waals surface area contributed by atoms with Gasteiger partial charge in [0.05, 0.1) is 6.42 Å². The largest absolute Gasteiger partial charge is 0.480 e. The smallest absolute Gasteiger partial charge is 0.327 e. The fraction of sp³-hybridized carbons (Fsp3) is 0.130. The normalized spacial score (nSPS) is 13.4. The molecule has 146 valence electrons. The lowest BCUT2D eigenvalue weighted by Gasteiger charge is -2.23. The van der Waals surface area contributed by atoms with Crippen LogP contribution in [-0.4, -0.2) is 23.0 Å². The zero-order valence-corrected chi connectivity index (χ0v) is 15.2. The molecule has 29 heavy (non-hydrogen) atoms. The van der Waals surface area contributed by atoms with E-state index in [2.05, 4.69) is 5.32 Å². The summed E-state index contributed by atoms with van der Waals surface area (Å²) in [5, 5.41) is 12.4. The molecule has 1 aliphatic rings. The van der Waals surface area contributed by atoms with Crippen LogP contribution in [0, 0.1) is 11.6 Å². The van der Waals surface area contributed by atoms with Gasteiger partial charge in [0, 0.05) is 12.0 Å². The summed E-state index contributed by atoms with van der Waals surface area (Å²) < 4.78 is 26.8. The zero-order valence-electron chi connectivity index (χ0n) is 15.2. The quantitative estimate of drug-likeness (QED) is 0.691. The number of carbonyl (C=O) groups excluding carboxylic acids is 1.